The molecule has 0 aliphatic rings. The summed E-state index contributed by atoms with van der Waals surface area (Å²) in [4.78, 5) is 44.6. The Labute approximate surface area is 250 Å². The molecule has 0 heterocycles. The Morgan fingerprint density at radius 3 is 2.08 bits per heavy atom. The number of hydrogen-bond acceptors (Lipinski definition) is 13. The molecular formula is C19H16CrN6NaO11S+. The van der Waals surface area contributed by atoms with E-state index in [4.69, 9.17) is 4.55 Å². The van der Waals surface area contributed by atoms with Gasteiger partial charge in [0.2, 0.25) is 16.6 Å². The number of benzene rings is 3. The van der Waals surface area contributed by atoms with Crippen LogP contribution in [0.2, 0.25) is 0 Å². The van der Waals surface area contributed by atoms with Crippen LogP contribution in [0.3, 0.4) is 0 Å². The minimum Gasteiger partial charge on any atom is -0.501 e. The Kier molecular flexibility index (Phi) is 12.7. The van der Waals surface area contributed by atoms with E-state index in [2.05, 4.69) is 21.1 Å². The Bertz CT molecular complexity index is 1760. The molecule has 0 saturated carbocycles. The smallest absolute Gasteiger partial charge is 0.501 e. The van der Waals surface area contributed by atoms with E-state index in [9.17, 15) is 43.3 Å². The molecular weight excluding hydrogens is 595 g/mol. The van der Waals surface area contributed by atoms with Crippen molar-refractivity contribution in [1.82, 2.24) is 0 Å². The van der Waals surface area contributed by atoms with Crippen molar-refractivity contribution in [3.63, 3.8) is 0 Å². The van der Waals surface area contributed by atoms with Gasteiger partial charge in [0.25, 0.3) is 15.8 Å². The number of non-ortho nitro benzene ring substituents is 1. The van der Waals surface area contributed by atoms with Crippen molar-refractivity contribution in [2.24, 2.45) is 10.2 Å². The number of nitro groups is 2. The molecule has 0 fully saturated rings. The summed E-state index contributed by atoms with van der Waals surface area (Å²) in [5.74, 6) is -0.974. The SMILES string of the molecule is Cc1cc(S(=O)(=O)O)ccc1N/N=c1/c(=O)cc/c(=N/Nc2cc([N+](=O)[O-])cc([N+](=O)[O-])c2O)c1=O.O.[Cr].[Na+]. The molecule has 39 heavy (non-hydrogen) atoms. The van der Waals surface area contributed by atoms with Crippen molar-refractivity contribution in [3.8, 4) is 5.75 Å². The van der Waals surface area contributed by atoms with Crippen molar-refractivity contribution < 1.29 is 80.3 Å². The molecule has 6 N–H and O–H groups in total. The first-order valence-electron chi connectivity index (χ1n) is 9.48. The van der Waals surface area contributed by atoms with Gasteiger partial charge in [-0.2, -0.15) is 18.6 Å². The number of rotatable bonds is 7. The molecule has 200 valence electrons. The molecule has 0 saturated heterocycles. The Morgan fingerprint density at radius 2 is 1.54 bits per heavy atom. The van der Waals surface area contributed by atoms with E-state index in [0.29, 0.717) is 11.6 Å². The summed E-state index contributed by atoms with van der Waals surface area (Å²) in [7, 11) is -4.45. The van der Waals surface area contributed by atoms with Gasteiger partial charge >= 0.3 is 35.2 Å². The van der Waals surface area contributed by atoms with Gasteiger partial charge in [-0.1, -0.05) is 0 Å². The molecule has 0 aliphatic carbocycles. The van der Waals surface area contributed by atoms with Crippen LogP contribution >= 0.6 is 0 Å². The predicted molar refractivity (Wildman–Crippen MR) is 126 cm³/mol. The summed E-state index contributed by atoms with van der Waals surface area (Å²) in [5.41, 5.74) is 1.00. The largest absolute Gasteiger partial charge is 1.00 e. The van der Waals surface area contributed by atoms with Gasteiger partial charge in [0.1, 0.15) is 11.0 Å². The quantitative estimate of drug-likeness (QED) is 0.0663. The summed E-state index contributed by atoms with van der Waals surface area (Å²) in [6.45, 7) is 1.48. The average Bonchev–Trinajstić information content (AvgIpc) is 2.79. The van der Waals surface area contributed by atoms with Crippen LogP contribution in [-0.2, 0) is 27.5 Å². The van der Waals surface area contributed by atoms with Crippen LogP contribution in [0.5, 0.6) is 5.75 Å². The average molecular weight is 611 g/mol. The van der Waals surface area contributed by atoms with Crippen molar-refractivity contribution >= 4 is 32.9 Å². The van der Waals surface area contributed by atoms with Gasteiger partial charge in [0.05, 0.1) is 26.5 Å². The first kappa shape index (κ1) is 35.5. The van der Waals surface area contributed by atoms with Gasteiger partial charge in [-0.25, -0.2) is 0 Å². The summed E-state index contributed by atoms with van der Waals surface area (Å²) in [6.07, 6.45) is 0. The molecule has 0 spiro atoms. The van der Waals surface area contributed by atoms with Crippen LogP contribution in [0.1, 0.15) is 5.56 Å². The van der Waals surface area contributed by atoms with Gasteiger partial charge < -0.3 is 10.6 Å². The van der Waals surface area contributed by atoms with E-state index in [1.165, 1.54) is 13.0 Å². The number of nitrogens with zero attached hydrogens (tertiary/aromatic N) is 4. The van der Waals surface area contributed by atoms with Gasteiger partial charge in [-0.15, -0.1) is 0 Å². The van der Waals surface area contributed by atoms with E-state index in [0.717, 1.165) is 30.3 Å². The zero-order valence-electron chi connectivity index (χ0n) is 19.8. The molecule has 0 amide bonds. The van der Waals surface area contributed by atoms with Crippen LogP contribution in [0.4, 0.5) is 22.7 Å². The van der Waals surface area contributed by atoms with E-state index in [1.807, 2.05) is 0 Å². The Hall–Kier alpha value is -3.54. The van der Waals surface area contributed by atoms with Crippen LogP contribution < -0.4 is 62.0 Å². The van der Waals surface area contributed by atoms with E-state index >= 15 is 0 Å². The zero-order valence-corrected chi connectivity index (χ0v) is 23.9. The number of nitrogens with one attached hydrogen (secondary N) is 2. The zero-order chi connectivity index (χ0) is 26.8. The fourth-order valence-electron chi connectivity index (χ4n) is 2.83. The summed E-state index contributed by atoms with van der Waals surface area (Å²) >= 11 is 0. The molecule has 0 atom stereocenters. The first-order valence-corrected chi connectivity index (χ1v) is 10.9. The minimum atomic E-state index is -4.45. The molecule has 0 bridgehead atoms. The fraction of sp³-hybridized carbons (Fsp3) is 0.0526. The number of aryl methyl sites for hydroxylation is 1. The number of anilines is 2. The maximum atomic E-state index is 12.7. The second-order valence-electron chi connectivity index (χ2n) is 7.03. The van der Waals surface area contributed by atoms with Gasteiger partial charge in [-0.3, -0.25) is 45.2 Å². The van der Waals surface area contributed by atoms with Crippen LogP contribution in [-0.4, -0.2) is 33.4 Å². The van der Waals surface area contributed by atoms with E-state index < -0.39 is 64.3 Å². The normalized spacial score (nSPS) is 11.4. The minimum absolute atomic E-state index is 0. The van der Waals surface area contributed by atoms with E-state index in [-0.39, 0.29) is 63.0 Å². The number of phenolic OH excluding ortho intramolecular Hbond substituents is 1. The second-order valence-corrected chi connectivity index (χ2v) is 8.46. The molecule has 3 aromatic carbocycles. The van der Waals surface area contributed by atoms with Crippen molar-refractivity contribution in [3.05, 3.63) is 99.4 Å². The number of nitro benzene ring substituents is 2. The molecule has 0 aliphatic heterocycles. The van der Waals surface area contributed by atoms with Gasteiger partial charge in [0, 0.05) is 23.4 Å². The molecule has 17 nitrogen and oxygen atoms in total. The van der Waals surface area contributed by atoms with Crippen LogP contribution in [0.25, 0.3) is 0 Å². The second kappa shape index (κ2) is 14.0. The Balaban J connectivity index is 0.00000481. The molecule has 0 aromatic heterocycles. The standard InChI is InChI=1S/C19H14N6O10S.Cr.Na.H2O/c1-9-6-11(36(33,34)35)2-3-12(9)20-23-17-16(26)5-4-13(19(17)28)21-22-14-7-10(24(29)30)8-15(18(14)27)25(31)32;;;/h2-8,20,22,27H,1H3,(H,33,34,35);;;1H2/q;;+1;/b21-13-,23-17-;;;. The first-order chi connectivity index (χ1) is 16.8. The molecule has 3 rings (SSSR count). The maximum Gasteiger partial charge on any atom is 1.00 e. The van der Waals surface area contributed by atoms with Gasteiger partial charge in [0.15, 0.2) is 5.36 Å². The van der Waals surface area contributed by atoms with Crippen molar-refractivity contribution in [2.45, 2.75) is 11.8 Å². The maximum absolute atomic E-state index is 12.7. The third-order valence-electron chi connectivity index (χ3n) is 4.64. The summed E-state index contributed by atoms with van der Waals surface area (Å²) in [5, 5.41) is 38.4. The molecule has 3 aromatic rings. The molecule has 0 radical (unpaired) electrons. The summed E-state index contributed by atoms with van der Waals surface area (Å²) in [6, 6.07) is 6.66. The predicted octanol–water partition coefficient (Wildman–Crippen LogP) is -3.61. The third kappa shape index (κ3) is 8.22. The fourth-order valence-corrected chi connectivity index (χ4v) is 3.39. The van der Waals surface area contributed by atoms with Crippen molar-refractivity contribution in [2.75, 3.05) is 10.9 Å². The number of phenols is 1. The Morgan fingerprint density at radius 1 is 0.923 bits per heavy atom. The topological polar surface area (TPSA) is 275 Å². The van der Waals surface area contributed by atoms with E-state index in [1.54, 1.807) is 0 Å². The number of hydrogen-bond donors (Lipinski definition) is 4. The monoisotopic (exact) mass is 611 g/mol. The van der Waals surface area contributed by atoms with Crippen LogP contribution in [0.15, 0.2) is 67.2 Å². The molecule has 0 unspecified atom stereocenters. The summed E-state index contributed by atoms with van der Waals surface area (Å²) < 4.78 is 31.5. The van der Waals surface area contributed by atoms with Gasteiger partial charge in [-0.05, 0) is 42.8 Å². The number of aromatic hydroxyl groups is 1. The third-order valence-corrected chi connectivity index (χ3v) is 5.49. The molecule has 20 heteroatoms. The van der Waals surface area contributed by atoms with Crippen molar-refractivity contribution in [1.29, 1.82) is 0 Å². The van der Waals surface area contributed by atoms with Crippen LogP contribution in [0, 0.1) is 27.2 Å².